The quantitative estimate of drug-likeness (QED) is 0.0375. The molecule has 0 spiro atoms. The molecule has 17 heteroatoms. The zero-order valence-electron chi connectivity index (χ0n) is 30.5. The molecule has 2 heterocycles. The van der Waals surface area contributed by atoms with Crippen LogP contribution in [0.3, 0.4) is 0 Å². The lowest BCUT2D eigenvalue weighted by atomic mass is 9.56. The lowest BCUT2D eigenvalue weighted by molar-refractivity contribution is -0.125. The molecule has 1 N–H and O–H groups in total. The number of hydrogen-bond acceptors (Lipinski definition) is 7. The zero-order chi connectivity index (χ0) is 42.5. The number of carbonyl (C=O) groups is 4. The highest BCUT2D eigenvalue weighted by atomic mass is 79.9. The second-order valence-corrected chi connectivity index (χ2v) is 16.6. The minimum Gasteiger partial charge on any atom is -0.508 e. The predicted molar refractivity (Wildman–Crippen MR) is 210 cm³/mol. The van der Waals surface area contributed by atoms with E-state index in [4.69, 9.17) is 32.7 Å². The number of allylic oxidation sites excluding steroid dienone is 2. The second kappa shape index (κ2) is 14.5. The van der Waals surface area contributed by atoms with Crippen LogP contribution in [-0.4, -0.2) is 52.7 Å². The molecule has 2 aliphatic heterocycles. The van der Waals surface area contributed by atoms with Crippen molar-refractivity contribution in [1.29, 1.82) is 0 Å². The highest BCUT2D eigenvalue weighted by molar-refractivity contribution is 9.10. The SMILES string of the molecule is COc1ccc(OC)c(C=Cc2ccc(N3C(=O)[C@H]4[C@H](CC=C5[C@H]4C[C@@]4(Cl)C(=O)N(c6c(F)c(F)c(F)c(F)c6F)C(=O)[C@@]4(Cl)[C@H]5c4cc(Br)ccc4O)C3=O)cc2)c1. The van der Waals surface area contributed by atoms with Crippen molar-refractivity contribution in [2.45, 2.75) is 28.5 Å². The molecular formula is C42H28BrCl2F5N2O7. The van der Waals surface area contributed by atoms with Crippen molar-refractivity contribution < 1.29 is 55.7 Å². The fourth-order valence-corrected chi connectivity index (χ4v) is 10.1. The van der Waals surface area contributed by atoms with E-state index in [0.29, 0.717) is 21.5 Å². The predicted octanol–water partition coefficient (Wildman–Crippen LogP) is 8.81. The Labute approximate surface area is 350 Å². The van der Waals surface area contributed by atoms with E-state index >= 15 is 8.78 Å². The summed E-state index contributed by atoms with van der Waals surface area (Å²) >= 11 is 17.6. The number of amides is 4. The minimum atomic E-state index is -2.77. The Bertz CT molecular complexity index is 2560. The molecule has 0 aromatic heterocycles. The number of rotatable bonds is 7. The third-order valence-electron chi connectivity index (χ3n) is 11.6. The molecule has 2 aliphatic carbocycles. The number of phenolic OH excluding ortho intramolecular Hbond substituents is 1. The number of aromatic hydroxyl groups is 1. The summed E-state index contributed by atoms with van der Waals surface area (Å²) in [5, 5.41) is 11.2. The van der Waals surface area contributed by atoms with Gasteiger partial charge in [-0.15, -0.1) is 23.2 Å². The van der Waals surface area contributed by atoms with Gasteiger partial charge in [0.1, 0.15) is 22.9 Å². The van der Waals surface area contributed by atoms with E-state index in [1.54, 1.807) is 60.7 Å². The first-order chi connectivity index (χ1) is 28.0. The van der Waals surface area contributed by atoms with E-state index in [0.717, 1.165) is 10.5 Å². The Morgan fingerprint density at radius 3 is 2.08 bits per heavy atom. The lowest BCUT2D eigenvalue weighted by Gasteiger charge is -2.50. The number of benzene rings is 4. The van der Waals surface area contributed by atoms with Crippen molar-refractivity contribution >= 4 is 86.3 Å². The summed E-state index contributed by atoms with van der Waals surface area (Å²) in [6.45, 7) is 0. The van der Waals surface area contributed by atoms with Crippen LogP contribution in [0.4, 0.5) is 33.3 Å². The third kappa shape index (κ3) is 5.82. The summed E-state index contributed by atoms with van der Waals surface area (Å²) in [5.74, 6) is -21.2. The number of methoxy groups -OCH3 is 2. The van der Waals surface area contributed by atoms with Gasteiger partial charge < -0.3 is 14.6 Å². The molecule has 4 aliphatic rings. The standard InChI is InChI=1S/C42H28BrCl2F5N2O7/c1-58-22-10-14-28(59-2)19(15-22)6-3-18-4-8-21(9-5-18)51-37(54)24-12-11-23-26(29(24)38(51)55)17-41(44)39(56)52(36-34(49)32(47)31(46)33(48)35(36)50)40(57)42(41,45)30(23)25-16-20(43)7-13-27(25)53/h3-11,13-16,24,26,29-30,53H,12,17H2,1-2H3/t24-,26+,29-,30+,41+,42-/m0/s1. The molecule has 1 saturated carbocycles. The van der Waals surface area contributed by atoms with Crippen LogP contribution in [0.15, 0.2) is 76.8 Å². The largest absolute Gasteiger partial charge is 0.508 e. The van der Waals surface area contributed by atoms with Gasteiger partial charge in [-0.1, -0.05) is 51.9 Å². The van der Waals surface area contributed by atoms with Gasteiger partial charge in [-0.3, -0.25) is 24.1 Å². The highest BCUT2D eigenvalue weighted by Crippen LogP contribution is 2.67. The number of fused-ring (bicyclic) bond motifs is 4. The third-order valence-corrected chi connectivity index (χ3v) is 13.5. The first-order valence-electron chi connectivity index (χ1n) is 17.8. The Kier molecular flexibility index (Phi) is 9.95. The number of halogens is 8. The van der Waals surface area contributed by atoms with Crippen molar-refractivity contribution in [3.8, 4) is 17.2 Å². The molecule has 9 nitrogen and oxygen atoms in total. The number of nitrogens with zero attached hydrogens (tertiary/aromatic N) is 2. The van der Waals surface area contributed by atoms with Crippen molar-refractivity contribution in [2.75, 3.05) is 24.0 Å². The molecule has 3 fully saturated rings. The van der Waals surface area contributed by atoms with Gasteiger partial charge in [0.25, 0.3) is 11.8 Å². The maximum atomic E-state index is 15.3. The van der Waals surface area contributed by atoms with Gasteiger partial charge in [0.05, 0.1) is 31.7 Å². The van der Waals surface area contributed by atoms with Crippen LogP contribution in [-0.2, 0) is 19.2 Å². The Morgan fingerprint density at radius 2 is 1.44 bits per heavy atom. The van der Waals surface area contributed by atoms with Crippen molar-refractivity contribution in [3.63, 3.8) is 0 Å². The second-order valence-electron chi connectivity index (χ2n) is 14.4. The number of carbonyl (C=O) groups excluding carboxylic acids is 4. The number of hydrogen-bond donors (Lipinski definition) is 1. The summed E-state index contributed by atoms with van der Waals surface area (Å²) in [5.41, 5.74) is -0.154. The highest BCUT2D eigenvalue weighted by Gasteiger charge is 2.77. The van der Waals surface area contributed by atoms with Crippen LogP contribution in [0.25, 0.3) is 12.2 Å². The van der Waals surface area contributed by atoms with Gasteiger partial charge in [0, 0.05) is 21.5 Å². The summed E-state index contributed by atoms with van der Waals surface area (Å²) < 4.78 is 84.9. The normalized spacial score (nSPS) is 26.3. The monoisotopic (exact) mass is 916 g/mol. The Hall–Kier alpha value is -5.25. The molecule has 2 saturated heterocycles. The van der Waals surface area contributed by atoms with Crippen molar-refractivity contribution in [2.24, 2.45) is 17.8 Å². The minimum absolute atomic E-state index is 0.0716. The number of imide groups is 2. The van der Waals surface area contributed by atoms with E-state index in [2.05, 4.69) is 15.9 Å². The summed E-state index contributed by atoms with van der Waals surface area (Å²) in [6.07, 6.45) is 4.38. The van der Waals surface area contributed by atoms with Gasteiger partial charge in [-0.25, -0.2) is 26.9 Å². The molecule has 4 aromatic rings. The van der Waals surface area contributed by atoms with Gasteiger partial charge in [-0.2, -0.15) is 0 Å². The molecule has 0 radical (unpaired) electrons. The number of phenols is 1. The number of ether oxygens (including phenoxy) is 2. The molecule has 0 unspecified atom stereocenters. The van der Waals surface area contributed by atoms with E-state index in [1.807, 2.05) is 0 Å². The fourth-order valence-electron chi connectivity index (χ4n) is 8.81. The first-order valence-corrected chi connectivity index (χ1v) is 19.4. The summed E-state index contributed by atoms with van der Waals surface area (Å²) in [7, 11) is 3.07. The van der Waals surface area contributed by atoms with Crippen LogP contribution < -0.4 is 19.3 Å². The number of anilines is 2. The van der Waals surface area contributed by atoms with Gasteiger partial charge >= 0.3 is 0 Å². The maximum Gasteiger partial charge on any atom is 0.258 e. The average molecular weight is 918 g/mol. The molecule has 4 amide bonds. The van der Waals surface area contributed by atoms with Crippen molar-refractivity contribution in [3.05, 3.63) is 123 Å². The lowest BCUT2D eigenvalue weighted by Crippen LogP contribution is -2.60. The van der Waals surface area contributed by atoms with Gasteiger partial charge in [-0.05, 0) is 72.9 Å². The van der Waals surface area contributed by atoms with Crippen LogP contribution in [0.2, 0.25) is 0 Å². The van der Waals surface area contributed by atoms with E-state index in [9.17, 15) is 37.5 Å². The van der Waals surface area contributed by atoms with Crippen molar-refractivity contribution in [1.82, 2.24) is 0 Å². The fraction of sp³-hybridized carbons (Fsp3) is 0.238. The maximum absolute atomic E-state index is 15.3. The summed E-state index contributed by atoms with van der Waals surface area (Å²) in [4.78, 5) is 52.8. The smallest absolute Gasteiger partial charge is 0.258 e. The Morgan fingerprint density at radius 1 is 0.780 bits per heavy atom. The van der Waals surface area contributed by atoms with Gasteiger partial charge in [0.15, 0.2) is 33.0 Å². The molecule has 4 aromatic carbocycles. The van der Waals surface area contributed by atoms with Crippen LogP contribution in [0, 0.1) is 46.8 Å². The molecule has 59 heavy (non-hydrogen) atoms. The van der Waals surface area contributed by atoms with E-state index in [-0.39, 0.29) is 28.1 Å². The number of alkyl halides is 2. The van der Waals surface area contributed by atoms with E-state index in [1.165, 1.54) is 32.4 Å². The molecular weight excluding hydrogens is 890 g/mol. The molecule has 304 valence electrons. The van der Waals surface area contributed by atoms with E-state index < -0.39 is 104 Å². The van der Waals surface area contributed by atoms with Gasteiger partial charge in [0.2, 0.25) is 17.6 Å². The topological polar surface area (TPSA) is 113 Å². The molecule has 6 atom stereocenters. The Balaban J connectivity index is 1.19. The summed E-state index contributed by atoms with van der Waals surface area (Å²) in [6, 6.07) is 15.8. The van der Waals surface area contributed by atoms with Crippen LogP contribution in [0.1, 0.15) is 35.4 Å². The zero-order valence-corrected chi connectivity index (χ0v) is 33.6. The van der Waals surface area contributed by atoms with Crippen LogP contribution >= 0.6 is 39.1 Å². The first kappa shape index (κ1) is 40.5. The molecule has 0 bridgehead atoms. The van der Waals surface area contributed by atoms with Crippen LogP contribution in [0.5, 0.6) is 17.2 Å². The average Bonchev–Trinajstić information content (AvgIpc) is 3.57. The molecule has 8 rings (SSSR count).